The van der Waals surface area contributed by atoms with Crippen LogP contribution in [0.4, 0.5) is 11.4 Å². The molecule has 0 aliphatic heterocycles. The van der Waals surface area contributed by atoms with Crippen molar-refractivity contribution in [2.24, 2.45) is 0 Å². The van der Waals surface area contributed by atoms with Crippen molar-refractivity contribution in [2.45, 2.75) is 0 Å². The first-order chi connectivity index (χ1) is 11.5. The SMILES string of the molecule is COc1cc(N)c(Cl)cc1-c1nc(-c2ccc([N+](=O)[O-])cc2)n[nH]1. The van der Waals surface area contributed by atoms with Crippen LogP contribution in [0.5, 0.6) is 5.75 Å². The van der Waals surface area contributed by atoms with Crippen LogP contribution in [0.25, 0.3) is 22.8 Å². The smallest absolute Gasteiger partial charge is 0.269 e. The number of non-ortho nitro benzene ring substituents is 1. The lowest BCUT2D eigenvalue weighted by Gasteiger charge is -2.08. The van der Waals surface area contributed by atoms with Crippen LogP contribution in [0.15, 0.2) is 36.4 Å². The number of rotatable bonds is 4. The summed E-state index contributed by atoms with van der Waals surface area (Å²) in [6.07, 6.45) is 0. The molecule has 0 atom stereocenters. The highest BCUT2D eigenvalue weighted by Crippen LogP contribution is 2.35. The van der Waals surface area contributed by atoms with E-state index in [2.05, 4.69) is 15.2 Å². The molecule has 0 radical (unpaired) electrons. The molecule has 0 saturated carbocycles. The summed E-state index contributed by atoms with van der Waals surface area (Å²) < 4.78 is 5.29. The Balaban J connectivity index is 1.99. The van der Waals surface area contributed by atoms with Gasteiger partial charge in [-0.15, -0.1) is 0 Å². The van der Waals surface area contributed by atoms with E-state index in [-0.39, 0.29) is 5.69 Å². The highest BCUT2D eigenvalue weighted by atomic mass is 35.5. The number of hydrogen-bond acceptors (Lipinski definition) is 6. The molecule has 0 unspecified atom stereocenters. The molecule has 0 fully saturated rings. The van der Waals surface area contributed by atoms with Crippen molar-refractivity contribution in [1.29, 1.82) is 0 Å². The lowest BCUT2D eigenvalue weighted by molar-refractivity contribution is -0.384. The number of aromatic nitrogens is 3. The van der Waals surface area contributed by atoms with Crippen molar-refractivity contribution in [3.63, 3.8) is 0 Å². The maximum Gasteiger partial charge on any atom is 0.269 e. The lowest BCUT2D eigenvalue weighted by Crippen LogP contribution is -1.94. The van der Waals surface area contributed by atoms with Gasteiger partial charge in [-0.3, -0.25) is 15.2 Å². The minimum atomic E-state index is -0.464. The molecule has 0 aliphatic rings. The number of methoxy groups -OCH3 is 1. The van der Waals surface area contributed by atoms with E-state index in [4.69, 9.17) is 22.1 Å². The number of nitro groups is 1. The van der Waals surface area contributed by atoms with Gasteiger partial charge < -0.3 is 10.5 Å². The first-order valence-corrected chi connectivity index (χ1v) is 7.18. The number of nitrogen functional groups attached to an aromatic ring is 1. The van der Waals surface area contributed by atoms with E-state index < -0.39 is 4.92 Å². The molecule has 0 aliphatic carbocycles. The fourth-order valence-electron chi connectivity index (χ4n) is 2.17. The second-order valence-corrected chi connectivity index (χ2v) is 5.29. The van der Waals surface area contributed by atoms with Crippen LogP contribution in [0.1, 0.15) is 0 Å². The first kappa shape index (κ1) is 15.8. The van der Waals surface area contributed by atoms with Crippen LogP contribution in [-0.2, 0) is 0 Å². The van der Waals surface area contributed by atoms with Gasteiger partial charge >= 0.3 is 0 Å². The van der Waals surface area contributed by atoms with Crippen LogP contribution in [0.3, 0.4) is 0 Å². The number of nitrogens with two attached hydrogens (primary N) is 1. The molecule has 1 heterocycles. The minimum Gasteiger partial charge on any atom is -0.496 e. The third-order valence-electron chi connectivity index (χ3n) is 3.40. The summed E-state index contributed by atoms with van der Waals surface area (Å²) >= 11 is 6.06. The van der Waals surface area contributed by atoms with Gasteiger partial charge in [-0.1, -0.05) is 11.6 Å². The van der Waals surface area contributed by atoms with Gasteiger partial charge in [-0.05, 0) is 18.2 Å². The molecule has 0 amide bonds. The molecule has 122 valence electrons. The van der Waals surface area contributed by atoms with Gasteiger partial charge in [0.1, 0.15) is 5.75 Å². The molecular weight excluding hydrogens is 334 g/mol. The van der Waals surface area contributed by atoms with Crippen LogP contribution in [0, 0.1) is 10.1 Å². The number of nitro benzene ring substituents is 1. The average Bonchev–Trinajstić information content (AvgIpc) is 3.06. The Labute approximate surface area is 141 Å². The maximum absolute atomic E-state index is 10.7. The summed E-state index contributed by atoms with van der Waals surface area (Å²) in [5.74, 6) is 1.35. The number of benzene rings is 2. The molecule has 0 bridgehead atoms. The highest BCUT2D eigenvalue weighted by molar-refractivity contribution is 6.33. The summed E-state index contributed by atoms with van der Waals surface area (Å²) in [5, 5.41) is 18.0. The molecule has 3 aromatic rings. The zero-order valence-corrected chi connectivity index (χ0v) is 13.2. The van der Waals surface area contributed by atoms with E-state index >= 15 is 0 Å². The summed E-state index contributed by atoms with van der Waals surface area (Å²) in [6.45, 7) is 0. The number of hydrogen-bond donors (Lipinski definition) is 2. The van der Waals surface area contributed by atoms with E-state index in [0.29, 0.717) is 39.2 Å². The molecule has 2 aromatic carbocycles. The second kappa shape index (κ2) is 6.17. The highest BCUT2D eigenvalue weighted by Gasteiger charge is 2.15. The Morgan fingerprint density at radius 3 is 2.62 bits per heavy atom. The number of aromatic amines is 1. The molecule has 24 heavy (non-hydrogen) atoms. The molecule has 9 heteroatoms. The van der Waals surface area contributed by atoms with E-state index in [1.165, 1.54) is 19.2 Å². The normalized spacial score (nSPS) is 10.6. The Kier molecular flexibility index (Phi) is 4.05. The van der Waals surface area contributed by atoms with Gasteiger partial charge in [0.15, 0.2) is 11.6 Å². The van der Waals surface area contributed by atoms with Crippen molar-refractivity contribution in [3.05, 3.63) is 51.5 Å². The third-order valence-corrected chi connectivity index (χ3v) is 3.72. The fraction of sp³-hybridized carbons (Fsp3) is 0.0667. The lowest BCUT2D eigenvalue weighted by atomic mass is 10.1. The van der Waals surface area contributed by atoms with Crippen molar-refractivity contribution in [3.8, 4) is 28.5 Å². The minimum absolute atomic E-state index is 0.00138. The summed E-state index contributed by atoms with van der Waals surface area (Å²) in [4.78, 5) is 14.6. The molecular formula is C15H12ClN5O3. The Morgan fingerprint density at radius 1 is 1.29 bits per heavy atom. The largest absolute Gasteiger partial charge is 0.496 e. The van der Waals surface area contributed by atoms with Gasteiger partial charge in [0.2, 0.25) is 0 Å². The fourth-order valence-corrected chi connectivity index (χ4v) is 2.33. The Bertz CT molecular complexity index is 908. The molecule has 8 nitrogen and oxygen atoms in total. The monoisotopic (exact) mass is 345 g/mol. The molecule has 3 N–H and O–H groups in total. The van der Waals surface area contributed by atoms with Crippen molar-refractivity contribution >= 4 is 23.0 Å². The van der Waals surface area contributed by atoms with Gasteiger partial charge in [0.25, 0.3) is 5.69 Å². The number of nitrogens with one attached hydrogen (secondary N) is 1. The first-order valence-electron chi connectivity index (χ1n) is 6.80. The van der Waals surface area contributed by atoms with E-state index in [1.54, 1.807) is 24.3 Å². The number of nitrogens with zero attached hydrogens (tertiary/aromatic N) is 3. The molecule has 1 aromatic heterocycles. The predicted octanol–water partition coefficient (Wildman–Crippen LogP) is 3.29. The number of H-pyrrole nitrogens is 1. The van der Waals surface area contributed by atoms with Crippen LogP contribution in [0.2, 0.25) is 5.02 Å². The van der Waals surface area contributed by atoms with Gasteiger partial charge in [-0.2, -0.15) is 5.10 Å². The topological polar surface area (TPSA) is 120 Å². The summed E-state index contributed by atoms with van der Waals surface area (Å²) in [6, 6.07) is 9.19. The third kappa shape index (κ3) is 2.86. The predicted molar refractivity (Wildman–Crippen MR) is 89.9 cm³/mol. The van der Waals surface area contributed by atoms with Crippen molar-refractivity contribution in [2.75, 3.05) is 12.8 Å². The Morgan fingerprint density at radius 2 is 2.00 bits per heavy atom. The number of halogens is 1. The molecule has 0 spiro atoms. The van der Waals surface area contributed by atoms with Crippen LogP contribution < -0.4 is 10.5 Å². The Hall–Kier alpha value is -3.13. The molecule has 0 saturated heterocycles. The van der Waals surface area contributed by atoms with Gasteiger partial charge in [-0.25, -0.2) is 4.98 Å². The van der Waals surface area contributed by atoms with E-state index in [0.717, 1.165) is 0 Å². The standard InChI is InChI=1S/C15H12ClN5O3/c1-24-13-7-12(17)11(16)6-10(13)15-18-14(19-20-15)8-2-4-9(5-3-8)21(22)23/h2-7H,17H2,1H3,(H,18,19,20). The van der Waals surface area contributed by atoms with Gasteiger partial charge in [0.05, 0.1) is 28.3 Å². The van der Waals surface area contributed by atoms with Crippen molar-refractivity contribution < 1.29 is 9.66 Å². The van der Waals surface area contributed by atoms with E-state index in [1.807, 2.05) is 0 Å². The number of ether oxygens (including phenoxy) is 1. The van der Waals surface area contributed by atoms with Crippen LogP contribution in [-0.4, -0.2) is 27.2 Å². The average molecular weight is 346 g/mol. The quantitative estimate of drug-likeness (QED) is 0.425. The molecule has 3 rings (SSSR count). The zero-order valence-electron chi connectivity index (χ0n) is 12.5. The van der Waals surface area contributed by atoms with Crippen LogP contribution >= 0.6 is 11.6 Å². The zero-order chi connectivity index (χ0) is 17.3. The number of anilines is 1. The van der Waals surface area contributed by atoms with E-state index in [9.17, 15) is 10.1 Å². The van der Waals surface area contributed by atoms with Crippen molar-refractivity contribution in [1.82, 2.24) is 15.2 Å². The summed E-state index contributed by atoms with van der Waals surface area (Å²) in [7, 11) is 1.51. The van der Waals surface area contributed by atoms with Gasteiger partial charge in [0, 0.05) is 23.8 Å². The maximum atomic E-state index is 10.7. The summed E-state index contributed by atoms with van der Waals surface area (Å²) in [5.41, 5.74) is 7.41. The second-order valence-electron chi connectivity index (χ2n) is 4.89.